The molecule has 2 aromatic carbocycles. The van der Waals surface area contributed by atoms with Crippen molar-refractivity contribution in [2.24, 2.45) is 0 Å². The van der Waals surface area contributed by atoms with E-state index in [-0.39, 0.29) is 12.3 Å². The van der Waals surface area contributed by atoms with Crippen molar-refractivity contribution < 1.29 is 33.8 Å². The average Bonchev–Trinajstić information content (AvgIpc) is 2.80. The van der Waals surface area contributed by atoms with Crippen molar-refractivity contribution in [3.63, 3.8) is 0 Å². The molecule has 204 valence electrons. The van der Waals surface area contributed by atoms with Crippen LogP contribution in [0, 0.1) is 0 Å². The minimum absolute atomic E-state index is 0.129. The Morgan fingerprint density at radius 3 is 2.16 bits per heavy atom. The topological polar surface area (TPSA) is 143 Å². The van der Waals surface area contributed by atoms with Gasteiger partial charge in [0.2, 0.25) is 5.91 Å². The molecule has 0 spiro atoms. The van der Waals surface area contributed by atoms with E-state index in [2.05, 4.69) is 16.0 Å². The molecule has 0 saturated carbocycles. The highest BCUT2D eigenvalue weighted by Crippen LogP contribution is 2.26. The molecule has 38 heavy (non-hydrogen) atoms. The maximum absolute atomic E-state index is 12.7. The summed E-state index contributed by atoms with van der Waals surface area (Å²) in [5.74, 6) is -2.13. The zero-order valence-electron chi connectivity index (χ0n) is 21.3. The number of carboxylic acid groups (broad SMARTS) is 1. The van der Waals surface area contributed by atoms with Crippen molar-refractivity contribution in [1.82, 2.24) is 16.0 Å². The Kier molecular flexibility index (Phi) is 11.0. The molecule has 1 atom stereocenters. The third-order valence-electron chi connectivity index (χ3n) is 4.65. The first-order chi connectivity index (χ1) is 17.7. The van der Waals surface area contributed by atoms with Crippen molar-refractivity contribution in [2.75, 3.05) is 6.54 Å². The second-order valence-electron chi connectivity index (χ2n) is 9.04. The van der Waals surface area contributed by atoms with Gasteiger partial charge in [-0.1, -0.05) is 41.4 Å². The third kappa shape index (κ3) is 10.3. The van der Waals surface area contributed by atoms with E-state index in [1.54, 1.807) is 63.2 Å². The van der Waals surface area contributed by atoms with E-state index < -0.39 is 42.1 Å². The van der Waals surface area contributed by atoms with E-state index in [4.69, 9.17) is 32.7 Å². The second kappa shape index (κ2) is 13.7. The van der Waals surface area contributed by atoms with Gasteiger partial charge < -0.3 is 30.5 Å². The highest BCUT2D eigenvalue weighted by atomic mass is 35.5. The van der Waals surface area contributed by atoms with Gasteiger partial charge in [-0.3, -0.25) is 9.59 Å². The number of ether oxygens (including phenoxy) is 2. The fraction of sp³-hybridized carbons (Fsp3) is 0.308. The normalized spacial score (nSPS) is 12.2. The molecule has 2 rings (SSSR count). The summed E-state index contributed by atoms with van der Waals surface area (Å²) >= 11 is 12.3. The van der Waals surface area contributed by atoms with Crippen LogP contribution in [0.1, 0.15) is 38.8 Å². The Morgan fingerprint density at radius 1 is 1.03 bits per heavy atom. The van der Waals surface area contributed by atoms with Gasteiger partial charge in [-0.05, 0) is 56.7 Å². The SMILES string of the molecule is CC(=O)N/C(=C\c1ccc(OCc2c(Cl)cccc2Cl)cc1)C(=O)NC[C@H](NC(=O)OC(C)(C)C)C(=O)O. The molecule has 0 aliphatic rings. The summed E-state index contributed by atoms with van der Waals surface area (Å²) in [4.78, 5) is 47.9. The maximum Gasteiger partial charge on any atom is 0.408 e. The number of carbonyl (C=O) groups is 4. The Balaban J connectivity index is 2.08. The summed E-state index contributed by atoms with van der Waals surface area (Å²) in [6, 6.07) is 10.3. The molecule has 4 N–H and O–H groups in total. The number of rotatable bonds is 10. The number of benzene rings is 2. The summed E-state index contributed by atoms with van der Waals surface area (Å²) in [5.41, 5.74) is 0.231. The molecule has 0 aliphatic carbocycles. The number of hydrogen-bond donors (Lipinski definition) is 4. The lowest BCUT2D eigenvalue weighted by Gasteiger charge is -2.22. The monoisotopic (exact) mass is 565 g/mol. The first kappa shape index (κ1) is 30.5. The van der Waals surface area contributed by atoms with E-state index >= 15 is 0 Å². The van der Waals surface area contributed by atoms with Crippen molar-refractivity contribution in [1.29, 1.82) is 0 Å². The van der Waals surface area contributed by atoms with Crippen LogP contribution >= 0.6 is 23.2 Å². The number of amides is 3. The molecule has 0 bridgehead atoms. The summed E-state index contributed by atoms with van der Waals surface area (Å²) in [6.07, 6.45) is 0.457. The smallest absolute Gasteiger partial charge is 0.408 e. The van der Waals surface area contributed by atoms with Crippen molar-refractivity contribution >= 4 is 53.2 Å². The quantitative estimate of drug-likeness (QED) is 0.317. The molecule has 0 saturated heterocycles. The molecule has 12 heteroatoms. The van der Waals surface area contributed by atoms with Gasteiger partial charge in [-0.2, -0.15) is 0 Å². The molecular weight excluding hydrogens is 537 g/mol. The molecule has 2 aromatic rings. The molecular formula is C26H29Cl2N3O7. The number of aliphatic carboxylic acids is 1. The van der Waals surface area contributed by atoms with Crippen LogP contribution in [0.4, 0.5) is 4.79 Å². The van der Waals surface area contributed by atoms with Gasteiger partial charge >= 0.3 is 12.1 Å². The van der Waals surface area contributed by atoms with E-state index in [1.165, 1.54) is 13.0 Å². The summed E-state index contributed by atoms with van der Waals surface area (Å²) < 4.78 is 10.8. The van der Waals surface area contributed by atoms with Crippen LogP contribution in [0.3, 0.4) is 0 Å². The number of hydrogen-bond acceptors (Lipinski definition) is 6. The molecule has 0 aliphatic heterocycles. The van der Waals surface area contributed by atoms with Gasteiger partial charge in [-0.15, -0.1) is 0 Å². The van der Waals surface area contributed by atoms with Gasteiger partial charge in [-0.25, -0.2) is 9.59 Å². The molecule has 0 radical (unpaired) electrons. The van der Waals surface area contributed by atoms with E-state index in [1.807, 2.05) is 0 Å². The van der Waals surface area contributed by atoms with Gasteiger partial charge in [0.1, 0.15) is 29.7 Å². The number of alkyl carbamates (subject to hydrolysis) is 1. The Morgan fingerprint density at radius 2 is 1.63 bits per heavy atom. The standard InChI is InChI=1S/C26H29Cl2N3O7/c1-15(32)30-21(23(33)29-13-22(24(34)35)31-25(36)38-26(2,3)4)12-16-8-10-17(11-9-16)37-14-18-19(27)6-5-7-20(18)28/h5-12,22H,13-14H2,1-4H3,(H,29,33)(H,30,32)(H,31,36)(H,34,35)/b21-12-/t22-/m0/s1. The van der Waals surface area contributed by atoms with Crippen LogP contribution in [-0.2, 0) is 25.7 Å². The minimum atomic E-state index is -1.46. The first-order valence-corrected chi connectivity index (χ1v) is 12.2. The summed E-state index contributed by atoms with van der Waals surface area (Å²) in [6.45, 7) is 5.80. The zero-order valence-corrected chi connectivity index (χ0v) is 22.8. The number of carboxylic acids is 1. The molecule has 0 heterocycles. The lowest BCUT2D eigenvalue weighted by molar-refractivity contribution is -0.139. The highest BCUT2D eigenvalue weighted by Gasteiger charge is 2.25. The van der Waals surface area contributed by atoms with E-state index in [0.717, 1.165) is 0 Å². The Bertz CT molecular complexity index is 1190. The van der Waals surface area contributed by atoms with E-state index in [9.17, 15) is 24.3 Å². The largest absolute Gasteiger partial charge is 0.489 e. The fourth-order valence-corrected chi connectivity index (χ4v) is 3.45. The highest BCUT2D eigenvalue weighted by molar-refractivity contribution is 6.35. The second-order valence-corrected chi connectivity index (χ2v) is 9.86. The number of carbonyl (C=O) groups excluding carboxylic acids is 3. The third-order valence-corrected chi connectivity index (χ3v) is 5.36. The molecule has 0 fully saturated rings. The molecule has 0 aromatic heterocycles. The van der Waals surface area contributed by atoms with Crippen LogP contribution in [0.2, 0.25) is 10.0 Å². The van der Waals surface area contributed by atoms with Gasteiger partial charge in [0.25, 0.3) is 5.91 Å². The van der Waals surface area contributed by atoms with Gasteiger partial charge in [0.15, 0.2) is 0 Å². The number of nitrogens with one attached hydrogen (secondary N) is 3. The van der Waals surface area contributed by atoms with Crippen LogP contribution in [-0.4, -0.2) is 47.2 Å². The van der Waals surface area contributed by atoms with Crippen molar-refractivity contribution in [3.05, 3.63) is 69.3 Å². The predicted octanol–water partition coefficient (Wildman–Crippen LogP) is 4.14. The summed E-state index contributed by atoms with van der Waals surface area (Å²) in [7, 11) is 0. The minimum Gasteiger partial charge on any atom is -0.489 e. The maximum atomic E-state index is 12.7. The van der Waals surface area contributed by atoms with Gasteiger partial charge in [0.05, 0.1) is 0 Å². The Labute approximate surface area is 230 Å². The molecule has 3 amide bonds. The van der Waals surface area contributed by atoms with E-state index in [0.29, 0.717) is 26.9 Å². The fourth-order valence-electron chi connectivity index (χ4n) is 2.94. The lowest BCUT2D eigenvalue weighted by Crippen LogP contribution is -2.50. The van der Waals surface area contributed by atoms with Crippen LogP contribution in [0.15, 0.2) is 48.2 Å². The number of halogens is 2. The van der Waals surface area contributed by atoms with Crippen molar-refractivity contribution in [2.45, 2.75) is 45.9 Å². The zero-order chi connectivity index (χ0) is 28.5. The van der Waals surface area contributed by atoms with Crippen LogP contribution in [0.25, 0.3) is 6.08 Å². The molecule has 0 unspecified atom stereocenters. The molecule has 10 nitrogen and oxygen atoms in total. The van der Waals surface area contributed by atoms with Crippen LogP contribution in [0.5, 0.6) is 5.75 Å². The van der Waals surface area contributed by atoms with Crippen molar-refractivity contribution in [3.8, 4) is 5.75 Å². The average molecular weight is 566 g/mol. The Hall–Kier alpha value is -3.76. The van der Waals surface area contributed by atoms with Crippen LogP contribution < -0.4 is 20.7 Å². The van der Waals surface area contributed by atoms with Gasteiger partial charge in [0, 0.05) is 29.1 Å². The first-order valence-electron chi connectivity index (χ1n) is 11.4. The lowest BCUT2D eigenvalue weighted by atomic mass is 10.1. The summed E-state index contributed by atoms with van der Waals surface area (Å²) in [5, 5.41) is 17.3. The predicted molar refractivity (Wildman–Crippen MR) is 143 cm³/mol.